The molecule has 1 aliphatic heterocycles. The summed E-state index contributed by atoms with van der Waals surface area (Å²) >= 11 is 1.87. The van der Waals surface area contributed by atoms with E-state index < -0.39 is 0 Å². The Hall–Kier alpha value is -0.450. The van der Waals surface area contributed by atoms with Crippen LogP contribution in [0.3, 0.4) is 0 Å². The number of thiazole rings is 1. The number of rotatable bonds is 5. The van der Waals surface area contributed by atoms with Gasteiger partial charge in [0, 0.05) is 35.9 Å². The quantitative estimate of drug-likeness (QED) is 0.891. The zero-order valence-electron chi connectivity index (χ0n) is 14.2. The van der Waals surface area contributed by atoms with Gasteiger partial charge in [-0.1, -0.05) is 34.6 Å². The number of aromatic nitrogens is 1. The zero-order chi connectivity index (χ0) is 15.5. The number of nitrogens with one attached hydrogen (secondary N) is 1. The van der Waals surface area contributed by atoms with Crippen LogP contribution in [0.4, 0.5) is 0 Å². The molecule has 21 heavy (non-hydrogen) atoms. The van der Waals surface area contributed by atoms with Gasteiger partial charge in [0.25, 0.3) is 0 Å². The third kappa shape index (κ3) is 5.04. The Morgan fingerprint density at radius 2 is 2.10 bits per heavy atom. The minimum absolute atomic E-state index is 0.107. The summed E-state index contributed by atoms with van der Waals surface area (Å²) in [5.41, 5.74) is 1.36. The number of hydrogen-bond acceptors (Lipinski definition) is 4. The van der Waals surface area contributed by atoms with Crippen molar-refractivity contribution in [3.8, 4) is 0 Å². The molecule has 1 aromatic heterocycles. The van der Waals surface area contributed by atoms with E-state index in [1.165, 1.54) is 34.8 Å². The Labute approximate surface area is 133 Å². The molecule has 1 aromatic rings. The summed E-state index contributed by atoms with van der Waals surface area (Å²) in [6.07, 6.45) is 5.05. The summed E-state index contributed by atoms with van der Waals surface area (Å²) in [7, 11) is 0. The van der Waals surface area contributed by atoms with E-state index in [4.69, 9.17) is 9.72 Å². The SMILES string of the molecule is CC(C)NCc1sc(CC2CCCCO2)nc1C(C)(C)C. The Morgan fingerprint density at radius 1 is 1.33 bits per heavy atom. The van der Waals surface area contributed by atoms with Crippen molar-refractivity contribution in [2.75, 3.05) is 6.61 Å². The van der Waals surface area contributed by atoms with Crippen molar-refractivity contribution in [3.63, 3.8) is 0 Å². The molecule has 0 aliphatic carbocycles. The molecule has 120 valence electrons. The summed E-state index contributed by atoms with van der Waals surface area (Å²) in [5, 5.41) is 4.77. The molecule has 2 rings (SSSR count). The first-order chi connectivity index (χ1) is 9.86. The first kappa shape index (κ1) is 16.9. The van der Waals surface area contributed by atoms with Crippen LogP contribution in [-0.2, 0) is 23.1 Å². The van der Waals surface area contributed by atoms with Crippen molar-refractivity contribution >= 4 is 11.3 Å². The minimum Gasteiger partial charge on any atom is -0.378 e. The van der Waals surface area contributed by atoms with Gasteiger partial charge in [-0.2, -0.15) is 0 Å². The number of ether oxygens (including phenoxy) is 1. The summed E-state index contributed by atoms with van der Waals surface area (Å²) in [6, 6.07) is 0.505. The molecule has 0 radical (unpaired) electrons. The predicted molar refractivity (Wildman–Crippen MR) is 90.1 cm³/mol. The Balaban J connectivity index is 2.10. The van der Waals surface area contributed by atoms with Gasteiger partial charge in [-0.25, -0.2) is 4.98 Å². The lowest BCUT2D eigenvalue weighted by Crippen LogP contribution is -2.24. The van der Waals surface area contributed by atoms with Crippen molar-refractivity contribution in [1.29, 1.82) is 0 Å². The molecule has 4 heteroatoms. The molecule has 0 spiro atoms. The molecule has 0 bridgehead atoms. The molecular formula is C17H30N2OS. The number of hydrogen-bond donors (Lipinski definition) is 1. The monoisotopic (exact) mass is 310 g/mol. The Bertz CT molecular complexity index is 442. The van der Waals surface area contributed by atoms with E-state index in [1.54, 1.807) is 0 Å². The van der Waals surface area contributed by atoms with Crippen LogP contribution in [-0.4, -0.2) is 23.7 Å². The highest BCUT2D eigenvalue weighted by Gasteiger charge is 2.24. The van der Waals surface area contributed by atoms with Gasteiger partial charge in [-0.3, -0.25) is 0 Å². The molecule has 0 saturated carbocycles. The highest BCUT2D eigenvalue weighted by Crippen LogP contribution is 2.31. The van der Waals surface area contributed by atoms with Gasteiger partial charge in [0.2, 0.25) is 0 Å². The van der Waals surface area contributed by atoms with Crippen LogP contribution < -0.4 is 5.32 Å². The van der Waals surface area contributed by atoms with Crippen LogP contribution in [0.5, 0.6) is 0 Å². The topological polar surface area (TPSA) is 34.1 Å². The molecule has 1 fully saturated rings. The molecule has 2 heterocycles. The van der Waals surface area contributed by atoms with E-state index >= 15 is 0 Å². The summed E-state index contributed by atoms with van der Waals surface area (Å²) in [6.45, 7) is 13.0. The molecule has 0 amide bonds. The van der Waals surface area contributed by atoms with Crippen LogP contribution in [0.2, 0.25) is 0 Å². The lowest BCUT2D eigenvalue weighted by Gasteiger charge is -2.21. The van der Waals surface area contributed by atoms with Gasteiger partial charge in [-0.15, -0.1) is 11.3 Å². The average Bonchev–Trinajstić information content (AvgIpc) is 2.80. The van der Waals surface area contributed by atoms with Crippen molar-refractivity contribution in [1.82, 2.24) is 10.3 Å². The maximum Gasteiger partial charge on any atom is 0.0957 e. The first-order valence-corrected chi connectivity index (χ1v) is 9.02. The zero-order valence-corrected chi connectivity index (χ0v) is 15.0. The summed E-state index contributed by atoms with van der Waals surface area (Å²) in [4.78, 5) is 6.34. The second-order valence-electron chi connectivity index (χ2n) is 7.36. The van der Waals surface area contributed by atoms with Crippen LogP contribution >= 0.6 is 11.3 Å². The molecule has 1 atom stereocenters. The third-order valence-corrected chi connectivity index (χ3v) is 4.88. The van der Waals surface area contributed by atoms with Crippen molar-refractivity contribution in [2.45, 2.75) is 84.4 Å². The van der Waals surface area contributed by atoms with Gasteiger partial charge in [0.1, 0.15) is 0 Å². The van der Waals surface area contributed by atoms with E-state index in [0.29, 0.717) is 12.1 Å². The lowest BCUT2D eigenvalue weighted by molar-refractivity contribution is 0.0167. The van der Waals surface area contributed by atoms with E-state index in [0.717, 1.165) is 19.6 Å². The highest BCUT2D eigenvalue weighted by molar-refractivity contribution is 7.11. The summed E-state index contributed by atoms with van der Waals surface area (Å²) in [5.74, 6) is 0. The maximum atomic E-state index is 5.87. The number of nitrogens with zero attached hydrogens (tertiary/aromatic N) is 1. The van der Waals surface area contributed by atoms with Crippen LogP contribution in [0.25, 0.3) is 0 Å². The van der Waals surface area contributed by atoms with Gasteiger partial charge in [-0.05, 0) is 19.3 Å². The lowest BCUT2D eigenvalue weighted by atomic mass is 9.91. The third-order valence-electron chi connectivity index (χ3n) is 3.80. The molecule has 1 N–H and O–H groups in total. The normalized spacial score (nSPS) is 20.2. The van der Waals surface area contributed by atoms with Gasteiger partial charge in [0.15, 0.2) is 0 Å². The van der Waals surface area contributed by atoms with Crippen molar-refractivity contribution in [3.05, 3.63) is 15.6 Å². The first-order valence-electron chi connectivity index (χ1n) is 8.20. The minimum atomic E-state index is 0.107. The molecule has 0 aromatic carbocycles. The second kappa shape index (κ2) is 7.21. The van der Waals surface area contributed by atoms with Crippen molar-refractivity contribution in [2.24, 2.45) is 0 Å². The molecule has 3 nitrogen and oxygen atoms in total. The van der Waals surface area contributed by atoms with Crippen LogP contribution in [0.15, 0.2) is 0 Å². The molecular weight excluding hydrogens is 280 g/mol. The van der Waals surface area contributed by atoms with E-state index in [1.807, 2.05) is 11.3 Å². The molecule has 1 aliphatic rings. The second-order valence-corrected chi connectivity index (χ2v) is 8.53. The standard InChI is InChI=1S/C17H30N2OS/c1-12(2)18-11-14-16(17(3,4)5)19-15(21-14)10-13-8-6-7-9-20-13/h12-13,18H,6-11H2,1-5H3. The van der Waals surface area contributed by atoms with E-state index in [-0.39, 0.29) is 5.41 Å². The smallest absolute Gasteiger partial charge is 0.0957 e. The fourth-order valence-electron chi connectivity index (χ4n) is 2.65. The average molecular weight is 311 g/mol. The van der Waals surface area contributed by atoms with E-state index in [9.17, 15) is 0 Å². The molecule has 1 saturated heterocycles. The van der Waals surface area contributed by atoms with Crippen LogP contribution in [0, 0.1) is 0 Å². The van der Waals surface area contributed by atoms with Gasteiger partial charge < -0.3 is 10.1 Å². The van der Waals surface area contributed by atoms with Crippen molar-refractivity contribution < 1.29 is 4.74 Å². The summed E-state index contributed by atoms with van der Waals surface area (Å²) < 4.78 is 5.87. The van der Waals surface area contributed by atoms with Crippen LogP contribution in [0.1, 0.15) is 69.5 Å². The Morgan fingerprint density at radius 3 is 2.67 bits per heavy atom. The Kier molecular flexibility index (Phi) is 5.81. The van der Waals surface area contributed by atoms with Gasteiger partial charge in [0.05, 0.1) is 16.8 Å². The maximum absolute atomic E-state index is 5.87. The highest BCUT2D eigenvalue weighted by atomic mass is 32.1. The fourth-order valence-corrected chi connectivity index (χ4v) is 3.95. The fraction of sp³-hybridized carbons (Fsp3) is 0.824. The molecule has 1 unspecified atom stereocenters. The largest absolute Gasteiger partial charge is 0.378 e. The van der Waals surface area contributed by atoms with E-state index in [2.05, 4.69) is 39.9 Å². The van der Waals surface area contributed by atoms with Gasteiger partial charge >= 0.3 is 0 Å². The predicted octanol–water partition coefficient (Wildman–Crippen LogP) is 4.05.